The van der Waals surface area contributed by atoms with Crippen LogP contribution in [0.1, 0.15) is 29.2 Å². The number of rotatable bonds is 3. The lowest BCUT2D eigenvalue weighted by Crippen LogP contribution is -2.37. The van der Waals surface area contributed by atoms with E-state index in [0.29, 0.717) is 24.6 Å². The number of hydrogen-bond acceptors (Lipinski definition) is 6. The summed E-state index contributed by atoms with van der Waals surface area (Å²) in [6.45, 7) is 1.33. The molecule has 4 N–H and O–H groups in total. The molecule has 0 unspecified atom stereocenters. The van der Waals surface area contributed by atoms with Crippen LogP contribution in [0, 0.1) is 0 Å². The summed E-state index contributed by atoms with van der Waals surface area (Å²) in [6.07, 6.45) is 4.52. The maximum absolute atomic E-state index is 12.3. The maximum atomic E-state index is 12.3. The first kappa shape index (κ1) is 16.1. The quantitative estimate of drug-likeness (QED) is 0.645. The zero-order valence-corrected chi connectivity index (χ0v) is 13.9. The number of anilines is 2. The van der Waals surface area contributed by atoms with Gasteiger partial charge in [-0.15, -0.1) is 0 Å². The zero-order valence-electron chi connectivity index (χ0n) is 13.9. The Balaban J connectivity index is 1.56. The number of carbonyl (C=O) groups is 1. The number of nitrogens with one attached hydrogen (secondary N) is 1. The van der Waals surface area contributed by atoms with Crippen molar-refractivity contribution in [1.29, 1.82) is 0 Å². The third kappa shape index (κ3) is 2.67. The number of carboxylic acid groups (broad SMARTS) is 1. The largest absolute Gasteiger partial charge is 0.478 e. The van der Waals surface area contributed by atoms with Gasteiger partial charge < -0.3 is 15.7 Å². The first-order valence-corrected chi connectivity index (χ1v) is 8.33. The van der Waals surface area contributed by atoms with E-state index in [1.54, 1.807) is 10.8 Å². The summed E-state index contributed by atoms with van der Waals surface area (Å²) in [5.41, 5.74) is 7.10. The topological polar surface area (TPSA) is 130 Å². The van der Waals surface area contributed by atoms with E-state index in [9.17, 15) is 14.7 Å². The van der Waals surface area contributed by atoms with Crippen molar-refractivity contribution in [3.05, 3.63) is 46.6 Å². The first-order chi connectivity index (χ1) is 12.5. The summed E-state index contributed by atoms with van der Waals surface area (Å²) < 4.78 is 1.76. The summed E-state index contributed by atoms with van der Waals surface area (Å²) in [5, 5.41) is 9.21. The van der Waals surface area contributed by atoms with Crippen molar-refractivity contribution in [3.8, 4) is 0 Å². The second-order valence-corrected chi connectivity index (χ2v) is 6.32. The van der Waals surface area contributed by atoms with Crippen LogP contribution in [-0.4, -0.2) is 43.7 Å². The number of pyridine rings is 2. The molecule has 1 aliphatic heterocycles. The fourth-order valence-corrected chi connectivity index (χ4v) is 3.49. The molecule has 0 saturated carbocycles. The van der Waals surface area contributed by atoms with E-state index < -0.39 is 5.97 Å². The third-order valence-corrected chi connectivity index (χ3v) is 4.79. The predicted octanol–water partition coefficient (Wildman–Crippen LogP) is 1.24. The summed E-state index contributed by atoms with van der Waals surface area (Å²) >= 11 is 0. The van der Waals surface area contributed by atoms with E-state index in [2.05, 4.69) is 15.0 Å². The normalized spacial score (nSPS) is 15.5. The molecule has 0 radical (unpaired) electrons. The summed E-state index contributed by atoms with van der Waals surface area (Å²) in [7, 11) is 0. The minimum absolute atomic E-state index is 0.0519. The number of H-pyrrole nitrogens is 1. The molecule has 9 heteroatoms. The molecule has 0 aromatic carbocycles. The Hall–Kier alpha value is -3.36. The van der Waals surface area contributed by atoms with E-state index >= 15 is 0 Å². The van der Waals surface area contributed by atoms with Crippen molar-refractivity contribution >= 4 is 28.6 Å². The second-order valence-electron chi connectivity index (χ2n) is 6.32. The van der Waals surface area contributed by atoms with E-state index in [1.165, 1.54) is 12.3 Å². The maximum Gasteiger partial charge on any atom is 0.337 e. The van der Waals surface area contributed by atoms with Crippen LogP contribution in [0.25, 0.3) is 11.2 Å². The highest BCUT2D eigenvalue weighted by Gasteiger charge is 2.25. The average Bonchev–Trinajstić information content (AvgIpc) is 2.98. The zero-order chi connectivity index (χ0) is 18.3. The fraction of sp³-hybridized carbons (Fsp3) is 0.294. The molecule has 26 heavy (non-hydrogen) atoms. The van der Waals surface area contributed by atoms with Gasteiger partial charge in [-0.3, -0.25) is 9.55 Å². The lowest BCUT2D eigenvalue weighted by molar-refractivity contribution is 0.0698. The minimum Gasteiger partial charge on any atom is -0.478 e. The number of hydrogen-bond donors (Lipinski definition) is 3. The molecule has 0 amide bonds. The number of aromatic carboxylic acids is 1. The molecule has 4 rings (SSSR count). The van der Waals surface area contributed by atoms with Gasteiger partial charge in [0.25, 0.3) is 0 Å². The van der Waals surface area contributed by atoms with E-state index in [4.69, 9.17) is 5.73 Å². The smallest absolute Gasteiger partial charge is 0.337 e. The average molecular weight is 354 g/mol. The monoisotopic (exact) mass is 354 g/mol. The Morgan fingerprint density at radius 2 is 2.08 bits per heavy atom. The molecule has 4 heterocycles. The molecule has 1 aliphatic rings. The van der Waals surface area contributed by atoms with Crippen LogP contribution in [0.3, 0.4) is 0 Å². The van der Waals surface area contributed by atoms with E-state index in [-0.39, 0.29) is 23.0 Å². The Morgan fingerprint density at radius 3 is 2.81 bits per heavy atom. The highest BCUT2D eigenvalue weighted by atomic mass is 16.4. The van der Waals surface area contributed by atoms with Gasteiger partial charge in [0.15, 0.2) is 5.65 Å². The van der Waals surface area contributed by atoms with Gasteiger partial charge in [0.2, 0.25) is 0 Å². The summed E-state index contributed by atoms with van der Waals surface area (Å²) in [6, 6.07) is 5.25. The molecule has 0 aliphatic carbocycles. The minimum atomic E-state index is -1.07. The SMILES string of the molecule is Nc1cnc(N2CCC(n3c(=O)[nH]c4ncccc43)CC2)cc1C(=O)O. The molecule has 1 fully saturated rings. The van der Waals surface area contributed by atoms with Gasteiger partial charge in [0.05, 0.1) is 23.0 Å². The van der Waals surface area contributed by atoms with Crippen LogP contribution in [0.4, 0.5) is 11.5 Å². The molecule has 134 valence electrons. The molecular formula is C17H18N6O3. The summed E-state index contributed by atoms with van der Waals surface area (Å²) in [4.78, 5) is 36.8. The Kier molecular flexibility index (Phi) is 3.83. The van der Waals surface area contributed by atoms with E-state index in [0.717, 1.165) is 18.4 Å². The van der Waals surface area contributed by atoms with Crippen molar-refractivity contribution < 1.29 is 9.90 Å². The summed E-state index contributed by atoms with van der Waals surface area (Å²) in [5.74, 6) is -0.484. The Morgan fingerprint density at radius 1 is 1.31 bits per heavy atom. The van der Waals surface area contributed by atoms with E-state index in [1.807, 2.05) is 17.0 Å². The highest BCUT2D eigenvalue weighted by Crippen LogP contribution is 2.27. The van der Waals surface area contributed by atoms with Crippen LogP contribution in [0.15, 0.2) is 35.4 Å². The van der Waals surface area contributed by atoms with Gasteiger partial charge in [-0.1, -0.05) is 0 Å². The van der Waals surface area contributed by atoms with Crippen LogP contribution in [0.2, 0.25) is 0 Å². The number of nitrogens with zero attached hydrogens (tertiary/aromatic N) is 4. The van der Waals surface area contributed by atoms with Crippen molar-refractivity contribution in [1.82, 2.24) is 19.5 Å². The van der Waals surface area contributed by atoms with Gasteiger partial charge in [0, 0.05) is 25.3 Å². The number of aromatic nitrogens is 4. The molecular weight excluding hydrogens is 336 g/mol. The molecule has 1 saturated heterocycles. The molecule has 0 atom stereocenters. The highest BCUT2D eigenvalue weighted by molar-refractivity contribution is 5.94. The van der Waals surface area contributed by atoms with Crippen molar-refractivity contribution in [2.45, 2.75) is 18.9 Å². The number of carboxylic acids is 1. The number of imidazole rings is 1. The van der Waals surface area contributed by atoms with Crippen molar-refractivity contribution in [2.24, 2.45) is 0 Å². The molecule has 0 spiro atoms. The number of nitrogen functional groups attached to an aromatic ring is 1. The fourth-order valence-electron chi connectivity index (χ4n) is 3.49. The van der Waals surface area contributed by atoms with Gasteiger partial charge in [-0.25, -0.2) is 19.6 Å². The number of aromatic amines is 1. The standard InChI is InChI=1S/C17H18N6O3/c18-12-9-20-14(8-11(12)16(24)25)22-6-3-10(4-7-22)23-13-2-1-5-19-15(13)21-17(23)26/h1-2,5,8-10H,3-4,6-7,18H2,(H,24,25)(H,19,21,26). The molecule has 9 nitrogen and oxygen atoms in total. The van der Waals surface area contributed by atoms with Gasteiger partial charge in [-0.2, -0.15) is 0 Å². The second kappa shape index (κ2) is 6.17. The lowest BCUT2D eigenvalue weighted by Gasteiger charge is -2.33. The van der Waals surface area contributed by atoms with Crippen LogP contribution < -0.4 is 16.3 Å². The van der Waals surface area contributed by atoms with Crippen LogP contribution in [-0.2, 0) is 0 Å². The van der Waals surface area contributed by atoms with Crippen LogP contribution in [0.5, 0.6) is 0 Å². The third-order valence-electron chi connectivity index (χ3n) is 4.79. The van der Waals surface area contributed by atoms with Crippen molar-refractivity contribution in [3.63, 3.8) is 0 Å². The van der Waals surface area contributed by atoms with Gasteiger partial charge >= 0.3 is 11.7 Å². The first-order valence-electron chi connectivity index (χ1n) is 8.33. The van der Waals surface area contributed by atoms with Crippen molar-refractivity contribution in [2.75, 3.05) is 23.7 Å². The Labute approximate surface area is 148 Å². The van der Waals surface area contributed by atoms with Gasteiger partial charge in [0.1, 0.15) is 5.82 Å². The Bertz CT molecular complexity index is 1030. The van der Waals surface area contributed by atoms with Gasteiger partial charge in [-0.05, 0) is 31.0 Å². The molecule has 3 aromatic rings. The number of piperidine rings is 1. The molecule has 3 aromatic heterocycles. The predicted molar refractivity (Wildman–Crippen MR) is 96.4 cm³/mol. The number of fused-ring (bicyclic) bond motifs is 1. The van der Waals surface area contributed by atoms with Crippen LogP contribution >= 0.6 is 0 Å². The molecule has 0 bridgehead atoms. The lowest BCUT2D eigenvalue weighted by atomic mass is 10.0. The number of nitrogens with two attached hydrogens (primary N) is 1.